The number of nitrogens with one attached hydrogen (secondary N) is 1. The smallest absolute Gasteiger partial charge is 0.410 e. The van der Waals surface area contributed by atoms with Gasteiger partial charge in [-0.15, -0.1) is 0 Å². The van der Waals surface area contributed by atoms with Gasteiger partial charge in [-0.05, 0) is 52.4 Å². The quantitative estimate of drug-likeness (QED) is 0.866. The molecule has 1 saturated carbocycles. The molecule has 2 atom stereocenters. The molecular weight excluding hydrogens is 264 g/mol. The Labute approximate surface area is 129 Å². The highest BCUT2D eigenvalue weighted by Crippen LogP contribution is 2.29. The van der Waals surface area contributed by atoms with E-state index in [0.717, 1.165) is 31.8 Å². The third kappa shape index (κ3) is 4.87. The molecule has 2 fully saturated rings. The molecule has 2 rings (SSSR count). The Kier molecular flexibility index (Phi) is 5.53. The first-order valence-corrected chi connectivity index (χ1v) is 8.63. The molecule has 21 heavy (non-hydrogen) atoms. The minimum absolute atomic E-state index is 0.159. The highest BCUT2D eigenvalue weighted by molar-refractivity contribution is 5.68. The van der Waals surface area contributed by atoms with Crippen LogP contribution in [0.25, 0.3) is 0 Å². The van der Waals surface area contributed by atoms with Gasteiger partial charge in [0.15, 0.2) is 0 Å². The fraction of sp³-hybridized carbons (Fsp3) is 0.941. The van der Waals surface area contributed by atoms with Crippen LogP contribution < -0.4 is 5.32 Å². The molecule has 2 aliphatic rings. The van der Waals surface area contributed by atoms with E-state index in [0.29, 0.717) is 12.1 Å². The second-order valence-corrected chi connectivity index (χ2v) is 7.61. The van der Waals surface area contributed by atoms with Gasteiger partial charge in [0.2, 0.25) is 0 Å². The van der Waals surface area contributed by atoms with Gasteiger partial charge in [-0.1, -0.05) is 19.8 Å². The van der Waals surface area contributed by atoms with E-state index in [9.17, 15) is 4.79 Å². The zero-order chi connectivity index (χ0) is 15.5. The van der Waals surface area contributed by atoms with Crippen molar-refractivity contribution >= 4 is 6.09 Å². The standard InChI is InChI=1S/C17H32N2O2/c1-5-13-7-6-8-15(13)18-14-9-11-19(12-10-14)16(20)21-17(2,3)4/h13-15,18H,5-12H2,1-4H3. The van der Waals surface area contributed by atoms with Crippen LogP contribution in [0.3, 0.4) is 0 Å². The van der Waals surface area contributed by atoms with Crippen molar-refractivity contribution in [3.05, 3.63) is 0 Å². The summed E-state index contributed by atoms with van der Waals surface area (Å²) in [6, 6.07) is 1.27. The van der Waals surface area contributed by atoms with Gasteiger partial charge in [-0.25, -0.2) is 4.79 Å². The molecular formula is C17H32N2O2. The highest BCUT2D eigenvalue weighted by atomic mass is 16.6. The molecule has 0 spiro atoms. The zero-order valence-electron chi connectivity index (χ0n) is 14.2. The molecule has 0 aromatic heterocycles. The molecule has 0 aromatic carbocycles. The van der Waals surface area contributed by atoms with Crippen molar-refractivity contribution in [3.8, 4) is 0 Å². The van der Waals surface area contributed by atoms with E-state index in [1.807, 2.05) is 25.7 Å². The molecule has 1 saturated heterocycles. The summed E-state index contributed by atoms with van der Waals surface area (Å²) in [5.41, 5.74) is -0.398. The number of carbonyl (C=O) groups is 1. The summed E-state index contributed by atoms with van der Waals surface area (Å²) in [6.45, 7) is 9.69. The first kappa shape index (κ1) is 16.6. The molecule has 0 radical (unpaired) electrons. The lowest BCUT2D eigenvalue weighted by Gasteiger charge is -2.35. The fourth-order valence-corrected chi connectivity index (χ4v) is 3.60. The molecule has 4 heteroatoms. The first-order chi connectivity index (χ1) is 9.89. The Bertz CT molecular complexity index is 343. The minimum Gasteiger partial charge on any atom is -0.444 e. The third-order valence-electron chi connectivity index (χ3n) is 4.78. The molecule has 1 amide bonds. The largest absolute Gasteiger partial charge is 0.444 e. The summed E-state index contributed by atoms with van der Waals surface area (Å²) in [4.78, 5) is 13.9. The lowest BCUT2D eigenvalue weighted by atomic mass is 9.97. The molecule has 1 aliphatic carbocycles. The van der Waals surface area contributed by atoms with E-state index < -0.39 is 5.60 Å². The molecule has 1 heterocycles. The molecule has 4 nitrogen and oxygen atoms in total. The van der Waals surface area contributed by atoms with Gasteiger partial charge in [0.05, 0.1) is 0 Å². The molecule has 0 aromatic rings. The molecule has 2 unspecified atom stereocenters. The molecule has 122 valence electrons. The van der Waals surface area contributed by atoms with Crippen molar-refractivity contribution in [2.24, 2.45) is 5.92 Å². The van der Waals surface area contributed by atoms with Crippen molar-refractivity contribution in [2.45, 2.75) is 83.9 Å². The van der Waals surface area contributed by atoms with Gasteiger partial charge in [0.1, 0.15) is 5.60 Å². The van der Waals surface area contributed by atoms with Gasteiger partial charge < -0.3 is 15.0 Å². The number of nitrogens with zero attached hydrogens (tertiary/aromatic N) is 1. The van der Waals surface area contributed by atoms with Crippen molar-refractivity contribution in [1.29, 1.82) is 0 Å². The zero-order valence-corrected chi connectivity index (χ0v) is 14.2. The van der Waals surface area contributed by atoms with Crippen molar-refractivity contribution < 1.29 is 9.53 Å². The maximum Gasteiger partial charge on any atom is 0.410 e. The number of piperidine rings is 1. The highest BCUT2D eigenvalue weighted by Gasteiger charge is 2.31. The molecule has 0 bridgehead atoms. The number of hydrogen-bond acceptors (Lipinski definition) is 3. The molecule has 1 N–H and O–H groups in total. The van der Waals surface area contributed by atoms with Crippen LogP contribution in [0.2, 0.25) is 0 Å². The van der Waals surface area contributed by atoms with Gasteiger partial charge >= 0.3 is 6.09 Å². The average Bonchev–Trinajstić information content (AvgIpc) is 2.85. The van der Waals surface area contributed by atoms with Crippen LogP contribution in [0.4, 0.5) is 4.79 Å². The Morgan fingerprint density at radius 1 is 1.19 bits per heavy atom. The summed E-state index contributed by atoms with van der Waals surface area (Å²) in [5.74, 6) is 0.855. The van der Waals surface area contributed by atoms with Crippen LogP contribution in [-0.2, 0) is 4.74 Å². The van der Waals surface area contributed by atoms with Crippen LogP contribution in [0.1, 0.15) is 66.2 Å². The Morgan fingerprint density at radius 2 is 1.86 bits per heavy atom. The Hall–Kier alpha value is -0.770. The predicted molar refractivity (Wildman–Crippen MR) is 85.4 cm³/mol. The van der Waals surface area contributed by atoms with Crippen molar-refractivity contribution in [3.63, 3.8) is 0 Å². The number of likely N-dealkylation sites (tertiary alicyclic amines) is 1. The summed E-state index contributed by atoms with van der Waals surface area (Å²) < 4.78 is 5.45. The van der Waals surface area contributed by atoms with E-state index in [4.69, 9.17) is 4.74 Å². The van der Waals surface area contributed by atoms with E-state index in [1.165, 1.54) is 25.7 Å². The van der Waals surface area contributed by atoms with Crippen molar-refractivity contribution in [1.82, 2.24) is 10.2 Å². The topological polar surface area (TPSA) is 41.6 Å². The maximum atomic E-state index is 12.0. The number of rotatable bonds is 3. The van der Waals surface area contributed by atoms with Crippen LogP contribution >= 0.6 is 0 Å². The Balaban J connectivity index is 1.74. The van der Waals surface area contributed by atoms with Gasteiger partial charge in [-0.3, -0.25) is 0 Å². The van der Waals surface area contributed by atoms with E-state index >= 15 is 0 Å². The molecule has 1 aliphatic heterocycles. The van der Waals surface area contributed by atoms with Gasteiger partial charge in [0, 0.05) is 25.2 Å². The van der Waals surface area contributed by atoms with E-state index in [2.05, 4.69) is 12.2 Å². The number of amides is 1. The predicted octanol–water partition coefficient (Wildman–Crippen LogP) is 3.55. The third-order valence-corrected chi connectivity index (χ3v) is 4.78. The summed E-state index contributed by atoms with van der Waals surface area (Å²) >= 11 is 0. The SMILES string of the molecule is CCC1CCCC1NC1CCN(C(=O)OC(C)(C)C)CC1. The summed E-state index contributed by atoms with van der Waals surface area (Å²) in [5, 5.41) is 3.85. The van der Waals surface area contributed by atoms with Gasteiger partial charge in [0.25, 0.3) is 0 Å². The Morgan fingerprint density at radius 3 is 2.43 bits per heavy atom. The fourth-order valence-electron chi connectivity index (χ4n) is 3.60. The van der Waals surface area contributed by atoms with Crippen molar-refractivity contribution in [2.75, 3.05) is 13.1 Å². The van der Waals surface area contributed by atoms with E-state index in [-0.39, 0.29) is 6.09 Å². The second-order valence-electron chi connectivity index (χ2n) is 7.61. The summed E-state index contributed by atoms with van der Waals surface area (Å²) in [6.07, 6.45) is 7.29. The summed E-state index contributed by atoms with van der Waals surface area (Å²) in [7, 11) is 0. The monoisotopic (exact) mass is 296 g/mol. The van der Waals surface area contributed by atoms with Crippen LogP contribution in [0.15, 0.2) is 0 Å². The maximum absolute atomic E-state index is 12.0. The van der Waals surface area contributed by atoms with Crippen LogP contribution in [-0.4, -0.2) is 41.8 Å². The first-order valence-electron chi connectivity index (χ1n) is 8.63. The number of hydrogen-bond donors (Lipinski definition) is 1. The van der Waals surface area contributed by atoms with Gasteiger partial charge in [-0.2, -0.15) is 0 Å². The number of ether oxygens (including phenoxy) is 1. The normalized spacial score (nSPS) is 27.9. The van der Waals surface area contributed by atoms with E-state index in [1.54, 1.807) is 0 Å². The van der Waals surface area contributed by atoms with Crippen LogP contribution in [0, 0.1) is 5.92 Å². The number of carbonyl (C=O) groups excluding carboxylic acids is 1. The average molecular weight is 296 g/mol. The second kappa shape index (κ2) is 6.99. The lowest BCUT2D eigenvalue weighted by Crippen LogP contribution is -2.49. The minimum atomic E-state index is -0.398. The van der Waals surface area contributed by atoms with Crippen LogP contribution in [0.5, 0.6) is 0 Å². The lowest BCUT2D eigenvalue weighted by molar-refractivity contribution is 0.0194.